The van der Waals surface area contributed by atoms with Crippen molar-refractivity contribution in [2.45, 2.75) is 57.7 Å². The third-order valence-corrected chi connectivity index (χ3v) is 4.97. The zero-order chi connectivity index (χ0) is 12.3. The van der Waals surface area contributed by atoms with Crippen LogP contribution in [0.2, 0.25) is 0 Å². The quantitative estimate of drug-likeness (QED) is 0.754. The van der Waals surface area contributed by atoms with E-state index in [9.17, 15) is 8.42 Å². The van der Waals surface area contributed by atoms with Crippen molar-refractivity contribution in [1.82, 2.24) is 4.72 Å². The van der Waals surface area contributed by atoms with Crippen LogP contribution in [0.15, 0.2) is 0 Å². The largest absolute Gasteiger partial charge is 0.324 e. The molecule has 0 saturated carbocycles. The predicted octanol–water partition coefficient (Wildman–Crippen LogP) is 1.22. The maximum Gasteiger partial charge on any atom is 0.216 e. The highest BCUT2D eigenvalue weighted by Gasteiger charge is 2.31. The standard InChI is InChI=1S/C10H24N2O2S/c1-6-10(11,7-2)8-12-15(13,14)9(3,4)5/h12H,6-8,11H2,1-5H3. The van der Waals surface area contributed by atoms with Crippen molar-refractivity contribution in [2.24, 2.45) is 5.73 Å². The second-order valence-corrected chi connectivity index (χ2v) is 7.53. The molecule has 0 rings (SSSR count). The lowest BCUT2D eigenvalue weighted by atomic mass is 9.95. The van der Waals surface area contributed by atoms with Gasteiger partial charge in [0.15, 0.2) is 0 Å². The summed E-state index contributed by atoms with van der Waals surface area (Å²) in [5.41, 5.74) is 5.59. The molecule has 3 N–H and O–H groups in total. The molecule has 4 nitrogen and oxygen atoms in total. The minimum absolute atomic E-state index is 0.305. The molecule has 0 aliphatic heterocycles. The zero-order valence-corrected chi connectivity index (χ0v) is 11.2. The molecule has 0 radical (unpaired) electrons. The lowest BCUT2D eigenvalue weighted by molar-refractivity contribution is 0.389. The highest BCUT2D eigenvalue weighted by atomic mass is 32.2. The summed E-state index contributed by atoms with van der Waals surface area (Å²) in [4.78, 5) is 0. The lowest BCUT2D eigenvalue weighted by Gasteiger charge is -2.29. The second kappa shape index (κ2) is 4.80. The fourth-order valence-corrected chi connectivity index (χ4v) is 1.87. The van der Waals surface area contributed by atoms with Crippen LogP contribution in [0, 0.1) is 0 Å². The van der Waals surface area contributed by atoms with Crippen LogP contribution in [0.1, 0.15) is 47.5 Å². The molecule has 92 valence electrons. The van der Waals surface area contributed by atoms with E-state index in [1.165, 1.54) is 0 Å². The van der Waals surface area contributed by atoms with Crippen molar-refractivity contribution in [3.05, 3.63) is 0 Å². The van der Waals surface area contributed by atoms with Gasteiger partial charge in [-0.05, 0) is 33.6 Å². The average molecular weight is 236 g/mol. The molecule has 5 heteroatoms. The fraction of sp³-hybridized carbons (Fsp3) is 1.00. The summed E-state index contributed by atoms with van der Waals surface area (Å²) in [6.45, 7) is 9.26. The van der Waals surface area contributed by atoms with Crippen LogP contribution < -0.4 is 10.5 Å². The van der Waals surface area contributed by atoms with Crippen LogP contribution in [0.25, 0.3) is 0 Å². The number of nitrogens with two attached hydrogens (primary N) is 1. The third-order valence-electron chi connectivity index (χ3n) is 2.83. The Labute approximate surface area is 93.7 Å². The summed E-state index contributed by atoms with van der Waals surface area (Å²) >= 11 is 0. The summed E-state index contributed by atoms with van der Waals surface area (Å²) in [6, 6.07) is 0. The van der Waals surface area contributed by atoms with Crippen LogP contribution in [0.5, 0.6) is 0 Å². The van der Waals surface area contributed by atoms with Gasteiger partial charge >= 0.3 is 0 Å². The summed E-state index contributed by atoms with van der Waals surface area (Å²) in [7, 11) is -3.28. The predicted molar refractivity (Wildman–Crippen MR) is 64.2 cm³/mol. The van der Waals surface area contributed by atoms with E-state index in [4.69, 9.17) is 5.73 Å². The SMILES string of the molecule is CCC(N)(CC)CNS(=O)(=O)C(C)(C)C. The maximum absolute atomic E-state index is 11.8. The smallest absolute Gasteiger partial charge is 0.216 e. The van der Waals surface area contributed by atoms with Gasteiger partial charge in [-0.3, -0.25) is 0 Å². The van der Waals surface area contributed by atoms with Crippen LogP contribution in [-0.4, -0.2) is 25.2 Å². The first-order chi connectivity index (χ1) is 6.58. The van der Waals surface area contributed by atoms with Crippen molar-refractivity contribution in [2.75, 3.05) is 6.54 Å². The lowest BCUT2D eigenvalue weighted by Crippen LogP contribution is -2.52. The van der Waals surface area contributed by atoms with Gasteiger partial charge in [-0.1, -0.05) is 13.8 Å². The molecular weight excluding hydrogens is 212 g/mol. The molecule has 0 aromatic heterocycles. The van der Waals surface area contributed by atoms with Gasteiger partial charge in [0, 0.05) is 12.1 Å². The first-order valence-electron chi connectivity index (χ1n) is 5.36. The zero-order valence-electron chi connectivity index (χ0n) is 10.4. The summed E-state index contributed by atoms with van der Waals surface area (Å²) < 4.78 is 25.3. The minimum Gasteiger partial charge on any atom is -0.324 e. The van der Waals surface area contributed by atoms with E-state index in [1.807, 2.05) is 13.8 Å². The first kappa shape index (κ1) is 14.9. The van der Waals surface area contributed by atoms with Crippen molar-refractivity contribution < 1.29 is 8.42 Å². The number of rotatable bonds is 5. The van der Waals surface area contributed by atoms with Gasteiger partial charge < -0.3 is 5.73 Å². The Kier molecular flexibility index (Phi) is 4.76. The molecule has 0 spiro atoms. The second-order valence-electron chi connectivity index (χ2n) is 5.01. The summed E-state index contributed by atoms with van der Waals surface area (Å²) in [6.07, 6.45) is 1.52. The minimum atomic E-state index is -3.28. The van der Waals surface area contributed by atoms with E-state index in [-0.39, 0.29) is 0 Å². The Morgan fingerprint density at radius 1 is 1.13 bits per heavy atom. The molecule has 0 aromatic rings. The van der Waals surface area contributed by atoms with Crippen molar-refractivity contribution in [1.29, 1.82) is 0 Å². The third kappa shape index (κ3) is 4.09. The molecule has 0 aromatic carbocycles. The van der Waals surface area contributed by atoms with Crippen molar-refractivity contribution >= 4 is 10.0 Å². The first-order valence-corrected chi connectivity index (χ1v) is 6.84. The van der Waals surface area contributed by atoms with Gasteiger partial charge in [0.25, 0.3) is 0 Å². The molecule has 0 aliphatic rings. The molecular formula is C10H24N2O2S. The number of hydrogen-bond acceptors (Lipinski definition) is 3. The van der Waals surface area contributed by atoms with Gasteiger partial charge in [-0.2, -0.15) is 0 Å². The van der Waals surface area contributed by atoms with Crippen LogP contribution in [0.4, 0.5) is 0 Å². The Morgan fingerprint density at radius 3 is 1.80 bits per heavy atom. The number of sulfonamides is 1. The molecule has 0 fully saturated rings. The van der Waals surface area contributed by atoms with E-state index in [0.29, 0.717) is 6.54 Å². The van der Waals surface area contributed by atoms with E-state index in [1.54, 1.807) is 20.8 Å². The number of nitrogens with one attached hydrogen (secondary N) is 1. The summed E-state index contributed by atoms with van der Waals surface area (Å²) in [5.74, 6) is 0. The van der Waals surface area contributed by atoms with E-state index in [0.717, 1.165) is 12.8 Å². The molecule has 15 heavy (non-hydrogen) atoms. The fourth-order valence-electron chi connectivity index (χ4n) is 0.955. The number of hydrogen-bond donors (Lipinski definition) is 2. The Balaban J connectivity index is 4.53. The van der Waals surface area contributed by atoms with Gasteiger partial charge in [0.2, 0.25) is 10.0 Å². The monoisotopic (exact) mass is 236 g/mol. The average Bonchev–Trinajstić information content (AvgIpc) is 2.13. The highest BCUT2D eigenvalue weighted by molar-refractivity contribution is 7.90. The Bertz CT molecular complexity index is 287. The molecule has 0 saturated heterocycles. The molecule has 0 bridgehead atoms. The van der Waals surface area contributed by atoms with Gasteiger partial charge in [0.1, 0.15) is 0 Å². The molecule has 0 atom stereocenters. The van der Waals surface area contributed by atoms with Gasteiger partial charge in [0.05, 0.1) is 4.75 Å². The Morgan fingerprint density at radius 2 is 1.53 bits per heavy atom. The van der Waals surface area contributed by atoms with E-state index < -0.39 is 20.3 Å². The normalized spacial score (nSPS) is 14.3. The van der Waals surface area contributed by atoms with Gasteiger partial charge in [-0.25, -0.2) is 13.1 Å². The van der Waals surface area contributed by atoms with Gasteiger partial charge in [-0.15, -0.1) is 0 Å². The van der Waals surface area contributed by atoms with Crippen LogP contribution in [0.3, 0.4) is 0 Å². The topological polar surface area (TPSA) is 72.2 Å². The maximum atomic E-state index is 11.8. The van der Waals surface area contributed by atoms with Crippen LogP contribution in [-0.2, 0) is 10.0 Å². The van der Waals surface area contributed by atoms with Crippen molar-refractivity contribution in [3.8, 4) is 0 Å². The molecule has 0 aliphatic carbocycles. The van der Waals surface area contributed by atoms with E-state index in [2.05, 4.69) is 4.72 Å². The summed E-state index contributed by atoms with van der Waals surface area (Å²) in [5, 5.41) is 0. The van der Waals surface area contributed by atoms with E-state index >= 15 is 0 Å². The molecule has 0 unspecified atom stereocenters. The molecule has 0 amide bonds. The van der Waals surface area contributed by atoms with Crippen molar-refractivity contribution in [3.63, 3.8) is 0 Å². The molecule has 0 heterocycles. The highest BCUT2D eigenvalue weighted by Crippen LogP contribution is 2.15. The Hall–Kier alpha value is -0.130. The van der Waals surface area contributed by atoms with Crippen LogP contribution >= 0.6 is 0 Å².